The molecule has 0 heterocycles. The lowest BCUT2D eigenvalue weighted by atomic mass is 9.98. The Kier molecular flexibility index (Phi) is 3.55. The van der Waals surface area contributed by atoms with Crippen molar-refractivity contribution in [2.45, 2.75) is 19.4 Å². The summed E-state index contributed by atoms with van der Waals surface area (Å²) < 4.78 is 13.1. The molecule has 0 bridgehead atoms. The molecule has 17 heavy (non-hydrogen) atoms. The minimum absolute atomic E-state index is 0.247. The van der Waals surface area contributed by atoms with Crippen LogP contribution in [0.15, 0.2) is 48.5 Å². The summed E-state index contributed by atoms with van der Waals surface area (Å²) in [6.07, 6.45) is 1.01. The molecule has 2 N–H and O–H groups in total. The van der Waals surface area contributed by atoms with Gasteiger partial charge in [-0.3, -0.25) is 0 Å². The molecule has 1 atom stereocenters. The van der Waals surface area contributed by atoms with E-state index >= 15 is 0 Å². The second-order valence-corrected chi connectivity index (χ2v) is 4.13. The molecule has 0 fully saturated rings. The molecule has 0 saturated heterocycles. The summed E-state index contributed by atoms with van der Waals surface area (Å²) in [5.74, 6) is -0.247. The highest BCUT2D eigenvalue weighted by Crippen LogP contribution is 2.20. The minimum atomic E-state index is -0.267. The van der Waals surface area contributed by atoms with Crippen molar-refractivity contribution in [3.05, 3.63) is 71.0 Å². The van der Waals surface area contributed by atoms with Gasteiger partial charge in [-0.2, -0.15) is 0 Å². The van der Waals surface area contributed by atoms with E-state index < -0.39 is 0 Å². The molecular formula is C15H16FN. The Morgan fingerprint density at radius 1 is 1.06 bits per heavy atom. The first-order valence-electron chi connectivity index (χ1n) is 5.80. The van der Waals surface area contributed by atoms with Crippen molar-refractivity contribution in [1.29, 1.82) is 0 Å². The molecule has 0 aliphatic carbocycles. The van der Waals surface area contributed by atoms with Gasteiger partial charge in [0.2, 0.25) is 0 Å². The van der Waals surface area contributed by atoms with E-state index in [-0.39, 0.29) is 11.9 Å². The van der Waals surface area contributed by atoms with Gasteiger partial charge in [-0.15, -0.1) is 0 Å². The van der Waals surface area contributed by atoms with Crippen LogP contribution in [-0.2, 0) is 6.42 Å². The second-order valence-electron chi connectivity index (χ2n) is 4.13. The lowest BCUT2D eigenvalue weighted by Crippen LogP contribution is -2.11. The maximum Gasteiger partial charge on any atom is 0.123 e. The van der Waals surface area contributed by atoms with Crippen molar-refractivity contribution < 1.29 is 4.39 Å². The van der Waals surface area contributed by atoms with Crippen molar-refractivity contribution in [3.63, 3.8) is 0 Å². The van der Waals surface area contributed by atoms with Gasteiger partial charge in [0.1, 0.15) is 5.82 Å². The number of nitrogens with two attached hydrogens (primary N) is 1. The fourth-order valence-electron chi connectivity index (χ4n) is 1.85. The molecular weight excluding hydrogens is 213 g/mol. The van der Waals surface area contributed by atoms with E-state index in [4.69, 9.17) is 5.73 Å². The monoisotopic (exact) mass is 229 g/mol. The zero-order valence-electron chi connectivity index (χ0n) is 9.86. The van der Waals surface area contributed by atoms with Crippen LogP contribution in [0, 0.1) is 5.82 Å². The van der Waals surface area contributed by atoms with E-state index in [0.29, 0.717) is 0 Å². The van der Waals surface area contributed by atoms with Gasteiger partial charge < -0.3 is 5.73 Å². The maximum atomic E-state index is 13.1. The average molecular weight is 229 g/mol. The highest BCUT2D eigenvalue weighted by atomic mass is 19.1. The molecule has 0 aromatic heterocycles. The molecule has 2 heteroatoms. The van der Waals surface area contributed by atoms with Crippen LogP contribution >= 0.6 is 0 Å². The standard InChI is InChI=1S/C15H16FN/c1-2-11-6-8-12(9-7-11)15(17)13-4-3-5-14(16)10-13/h3-10,15H,2,17H2,1H3/t15-/m0/s1. The molecule has 0 saturated carbocycles. The van der Waals surface area contributed by atoms with Crippen LogP contribution < -0.4 is 5.73 Å². The third-order valence-electron chi connectivity index (χ3n) is 2.95. The summed E-state index contributed by atoms with van der Waals surface area (Å²) >= 11 is 0. The molecule has 0 radical (unpaired) electrons. The Labute approximate surface area is 101 Å². The van der Waals surface area contributed by atoms with Crippen molar-refractivity contribution >= 4 is 0 Å². The average Bonchev–Trinajstić information content (AvgIpc) is 2.38. The highest BCUT2D eigenvalue weighted by molar-refractivity contribution is 5.33. The number of benzene rings is 2. The van der Waals surface area contributed by atoms with E-state index in [1.165, 1.54) is 17.7 Å². The van der Waals surface area contributed by atoms with E-state index in [2.05, 4.69) is 19.1 Å². The van der Waals surface area contributed by atoms with Crippen molar-refractivity contribution in [1.82, 2.24) is 0 Å². The molecule has 0 amide bonds. The Balaban J connectivity index is 2.27. The maximum absolute atomic E-state index is 13.1. The van der Waals surface area contributed by atoms with Crippen LogP contribution in [-0.4, -0.2) is 0 Å². The quantitative estimate of drug-likeness (QED) is 0.857. The van der Waals surface area contributed by atoms with Crippen LogP contribution in [0.3, 0.4) is 0 Å². The molecule has 1 nitrogen and oxygen atoms in total. The van der Waals surface area contributed by atoms with Crippen molar-refractivity contribution in [2.75, 3.05) is 0 Å². The summed E-state index contributed by atoms with van der Waals surface area (Å²) in [6, 6.07) is 14.3. The van der Waals surface area contributed by atoms with Crippen LogP contribution in [0.25, 0.3) is 0 Å². The first-order valence-corrected chi connectivity index (χ1v) is 5.80. The normalized spacial score (nSPS) is 12.4. The summed E-state index contributed by atoms with van der Waals surface area (Å²) in [5.41, 5.74) is 9.20. The number of hydrogen-bond donors (Lipinski definition) is 1. The summed E-state index contributed by atoms with van der Waals surface area (Å²) in [4.78, 5) is 0. The largest absolute Gasteiger partial charge is 0.320 e. The van der Waals surface area contributed by atoms with Gasteiger partial charge in [0.05, 0.1) is 6.04 Å². The topological polar surface area (TPSA) is 26.0 Å². The van der Waals surface area contributed by atoms with Crippen LogP contribution in [0.2, 0.25) is 0 Å². The Hall–Kier alpha value is -1.67. The first-order chi connectivity index (χ1) is 8.20. The zero-order valence-corrected chi connectivity index (χ0v) is 9.86. The first kappa shape index (κ1) is 11.8. The van der Waals surface area contributed by atoms with E-state index in [0.717, 1.165) is 17.5 Å². The van der Waals surface area contributed by atoms with Gasteiger partial charge in [-0.1, -0.05) is 43.3 Å². The third kappa shape index (κ3) is 2.71. The molecule has 0 aliphatic rings. The zero-order chi connectivity index (χ0) is 12.3. The predicted octanol–water partition coefficient (Wildman–Crippen LogP) is 3.44. The van der Waals surface area contributed by atoms with Crippen LogP contribution in [0.4, 0.5) is 4.39 Å². The summed E-state index contributed by atoms with van der Waals surface area (Å²) in [6.45, 7) is 2.11. The van der Waals surface area contributed by atoms with E-state index in [1.54, 1.807) is 6.07 Å². The SMILES string of the molecule is CCc1ccc([C@H](N)c2cccc(F)c2)cc1. The van der Waals surface area contributed by atoms with Crippen molar-refractivity contribution in [2.24, 2.45) is 5.73 Å². The van der Waals surface area contributed by atoms with E-state index in [1.807, 2.05) is 18.2 Å². The fourth-order valence-corrected chi connectivity index (χ4v) is 1.85. The predicted molar refractivity (Wildman–Crippen MR) is 68.3 cm³/mol. The third-order valence-corrected chi connectivity index (χ3v) is 2.95. The minimum Gasteiger partial charge on any atom is -0.320 e. The lowest BCUT2D eigenvalue weighted by molar-refractivity contribution is 0.623. The van der Waals surface area contributed by atoms with Crippen molar-refractivity contribution in [3.8, 4) is 0 Å². The molecule has 0 spiro atoms. The molecule has 88 valence electrons. The number of hydrogen-bond acceptors (Lipinski definition) is 1. The highest BCUT2D eigenvalue weighted by Gasteiger charge is 2.09. The van der Waals surface area contributed by atoms with Gasteiger partial charge in [-0.25, -0.2) is 4.39 Å². The van der Waals surface area contributed by atoms with Gasteiger partial charge in [0.15, 0.2) is 0 Å². The molecule has 0 unspecified atom stereocenters. The van der Waals surface area contributed by atoms with Gasteiger partial charge in [0, 0.05) is 0 Å². The number of rotatable bonds is 3. The van der Waals surface area contributed by atoms with Gasteiger partial charge in [-0.05, 0) is 35.2 Å². The van der Waals surface area contributed by atoms with Crippen LogP contribution in [0.1, 0.15) is 29.7 Å². The second kappa shape index (κ2) is 5.11. The lowest BCUT2D eigenvalue weighted by Gasteiger charge is -2.13. The Bertz CT molecular complexity index is 491. The Morgan fingerprint density at radius 3 is 2.35 bits per heavy atom. The van der Waals surface area contributed by atoms with Crippen LogP contribution in [0.5, 0.6) is 0 Å². The van der Waals surface area contributed by atoms with Gasteiger partial charge >= 0.3 is 0 Å². The molecule has 2 aromatic carbocycles. The molecule has 2 aromatic rings. The van der Waals surface area contributed by atoms with Gasteiger partial charge in [0.25, 0.3) is 0 Å². The molecule has 0 aliphatic heterocycles. The number of halogens is 1. The fraction of sp³-hybridized carbons (Fsp3) is 0.200. The summed E-state index contributed by atoms with van der Waals surface area (Å²) in [5, 5.41) is 0. The molecule has 2 rings (SSSR count). The van der Waals surface area contributed by atoms with E-state index in [9.17, 15) is 4.39 Å². The number of aryl methyl sites for hydroxylation is 1. The summed E-state index contributed by atoms with van der Waals surface area (Å²) in [7, 11) is 0. The Morgan fingerprint density at radius 2 is 1.76 bits per heavy atom. The smallest absolute Gasteiger partial charge is 0.123 e.